The Hall–Kier alpha value is -3.54. The van der Waals surface area contributed by atoms with Crippen molar-refractivity contribution < 1.29 is 14.2 Å². The Kier molecular flexibility index (Phi) is 3.32. The van der Waals surface area contributed by atoms with E-state index >= 15 is 0 Å². The normalized spacial score (nSPS) is 21.6. The number of ether oxygens (including phenoxy) is 3. The second kappa shape index (κ2) is 5.99. The van der Waals surface area contributed by atoms with Crippen molar-refractivity contribution in [2.75, 3.05) is 6.79 Å². The van der Waals surface area contributed by atoms with Gasteiger partial charge in [0.1, 0.15) is 11.4 Å². The van der Waals surface area contributed by atoms with Gasteiger partial charge in [-0.1, -0.05) is 24.3 Å². The highest BCUT2D eigenvalue weighted by molar-refractivity contribution is 6.02. The summed E-state index contributed by atoms with van der Waals surface area (Å²) in [4.78, 5) is 4.51. The molecule has 0 spiro atoms. The highest BCUT2D eigenvalue weighted by Gasteiger charge is 2.41. The Balaban J connectivity index is 1.43. The molecular weight excluding hydrogens is 354 g/mol. The van der Waals surface area contributed by atoms with Crippen LogP contribution in [-0.4, -0.2) is 22.5 Å². The largest absolute Gasteiger partial charge is 0.463 e. The maximum atomic E-state index is 6.30. The van der Waals surface area contributed by atoms with Crippen molar-refractivity contribution in [2.45, 2.75) is 18.7 Å². The Morgan fingerprint density at radius 1 is 0.893 bits per heavy atom. The highest BCUT2D eigenvalue weighted by atomic mass is 16.7. The van der Waals surface area contributed by atoms with Crippen LogP contribution >= 0.6 is 0 Å². The number of nitrogens with zero attached hydrogens (tertiary/aromatic N) is 3. The van der Waals surface area contributed by atoms with E-state index in [0.717, 1.165) is 46.2 Å². The third kappa shape index (κ3) is 2.34. The van der Waals surface area contributed by atoms with Crippen molar-refractivity contribution in [3.05, 3.63) is 83.7 Å². The number of hydrogen-bond acceptors (Lipinski definition) is 6. The van der Waals surface area contributed by atoms with Crippen molar-refractivity contribution >= 4 is 5.71 Å². The Morgan fingerprint density at radius 2 is 1.79 bits per heavy atom. The number of hydrazone groups is 1. The molecule has 0 unspecified atom stereocenters. The molecule has 2 aromatic carbocycles. The van der Waals surface area contributed by atoms with E-state index in [4.69, 9.17) is 19.3 Å². The number of rotatable bonds is 2. The van der Waals surface area contributed by atoms with Crippen LogP contribution in [0.5, 0.6) is 17.2 Å². The van der Waals surface area contributed by atoms with Gasteiger partial charge >= 0.3 is 0 Å². The number of para-hydroxylation sites is 1. The van der Waals surface area contributed by atoms with Gasteiger partial charge in [0.25, 0.3) is 0 Å². The van der Waals surface area contributed by atoms with Crippen LogP contribution in [0.2, 0.25) is 0 Å². The molecule has 28 heavy (non-hydrogen) atoms. The minimum Gasteiger partial charge on any atom is -0.463 e. The first-order chi connectivity index (χ1) is 13.9. The van der Waals surface area contributed by atoms with Gasteiger partial charge in [0.05, 0.1) is 11.8 Å². The van der Waals surface area contributed by atoms with Gasteiger partial charge in [-0.15, -0.1) is 0 Å². The lowest BCUT2D eigenvalue weighted by Gasteiger charge is -2.37. The first kappa shape index (κ1) is 15.5. The molecule has 0 fully saturated rings. The molecular formula is C22H17N3O3. The highest BCUT2D eigenvalue weighted by Crippen LogP contribution is 2.47. The van der Waals surface area contributed by atoms with E-state index in [1.807, 2.05) is 59.6 Å². The van der Waals surface area contributed by atoms with E-state index in [1.165, 1.54) is 0 Å². The Labute approximate surface area is 162 Å². The van der Waals surface area contributed by atoms with Crippen molar-refractivity contribution in [3.63, 3.8) is 0 Å². The summed E-state index contributed by atoms with van der Waals surface area (Å²) in [5, 5.41) is 6.98. The number of benzene rings is 2. The summed E-state index contributed by atoms with van der Waals surface area (Å²) in [5.74, 6) is 2.43. The third-order valence-corrected chi connectivity index (χ3v) is 5.35. The molecule has 3 aromatic rings. The minimum atomic E-state index is -0.354. The van der Waals surface area contributed by atoms with Gasteiger partial charge < -0.3 is 14.2 Å². The van der Waals surface area contributed by atoms with Crippen molar-refractivity contribution in [1.82, 2.24) is 9.99 Å². The molecule has 0 aliphatic carbocycles. The van der Waals surface area contributed by atoms with Gasteiger partial charge in [-0.25, -0.2) is 5.01 Å². The minimum absolute atomic E-state index is 0.109. The molecule has 6 nitrogen and oxygen atoms in total. The molecule has 4 heterocycles. The van der Waals surface area contributed by atoms with Crippen LogP contribution in [0.4, 0.5) is 0 Å². The first-order valence-corrected chi connectivity index (χ1v) is 9.29. The monoisotopic (exact) mass is 371 g/mol. The molecule has 6 rings (SSSR count). The topological polar surface area (TPSA) is 56.2 Å². The summed E-state index contributed by atoms with van der Waals surface area (Å²) in [6, 6.07) is 20.1. The summed E-state index contributed by atoms with van der Waals surface area (Å²) in [5.41, 5.74) is 4.03. The predicted octanol–water partition coefficient (Wildman–Crippen LogP) is 4.05. The lowest BCUT2D eigenvalue weighted by molar-refractivity contribution is -0.0218. The number of pyridine rings is 1. The molecule has 0 radical (unpaired) electrons. The van der Waals surface area contributed by atoms with E-state index in [0.29, 0.717) is 0 Å². The molecule has 3 aliphatic heterocycles. The Morgan fingerprint density at radius 3 is 2.71 bits per heavy atom. The van der Waals surface area contributed by atoms with Crippen LogP contribution in [0.3, 0.4) is 0 Å². The molecule has 0 saturated carbocycles. The fourth-order valence-corrected chi connectivity index (χ4v) is 4.00. The van der Waals surface area contributed by atoms with E-state index in [9.17, 15) is 0 Å². The maximum absolute atomic E-state index is 6.30. The van der Waals surface area contributed by atoms with Crippen molar-refractivity contribution in [2.24, 2.45) is 5.10 Å². The molecule has 0 N–H and O–H groups in total. The van der Waals surface area contributed by atoms with Crippen molar-refractivity contribution in [3.8, 4) is 17.2 Å². The molecule has 0 bridgehead atoms. The van der Waals surface area contributed by atoms with E-state index in [1.54, 1.807) is 6.20 Å². The van der Waals surface area contributed by atoms with Crippen LogP contribution in [0, 0.1) is 0 Å². The second-order valence-electron chi connectivity index (χ2n) is 6.98. The van der Waals surface area contributed by atoms with Crippen LogP contribution in [0.25, 0.3) is 0 Å². The Bertz CT molecular complexity index is 1080. The lowest BCUT2D eigenvalue weighted by Crippen LogP contribution is -2.34. The summed E-state index contributed by atoms with van der Waals surface area (Å²) in [7, 11) is 0. The molecule has 138 valence electrons. The van der Waals surface area contributed by atoms with Gasteiger partial charge in [0, 0.05) is 23.7 Å². The van der Waals surface area contributed by atoms with E-state index < -0.39 is 0 Å². The number of fused-ring (bicyclic) bond motifs is 4. The SMILES string of the molecule is c1ccc([C@H]2Oc3ccccc3[C@H]3CC(c4ccc5c(c4)OCO5)=NN32)nc1. The third-order valence-electron chi connectivity index (χ3n) is 5.35. The van der Waals surface area contributed by atoms with Gasteiger partial charge in [0.2, 0.25) is 13.0 Å². The second-order valence-corrected chi connectivity index (χ2v) is 6.98. The summed E-state index contributed by atoms with van der Waals surface area (Å²) in [6.45, 7) is 0.267. The molecule has 3 aliphatic rings. The zero-order valence-corrected chi connectivity index (χ0v) is 15.0. The molecule has 6 heteroatoms. The van der Waals surface area contributed by atoms with E-state index in [2.05, 4.69) is 11.1 Å². The zero-order valence-electron chi connectivity index (χ0n) is 15.0. The van der Waals surface area contributed by atoms with Crippen LogP contribution < -0.4 is 14.2 Å². The van der Waals surface area contributed by atoms with Gasteiger partial charge in [0.15, 0.2) is 11.5 Å². The van der Waals surface area contributed by atoms with Crippen LogP contribution in [0.15, 0.2) is 72.0 Å². The van der Waals surface area contributed by atoms with E-state index in [-0.39, 0.29) is 19.1 Å². The predicted molar refractivity (Wildman–Crippen MR) is 102 cm³/mol. The number of hydrogen-bond donors (Lipinski definition) is 0. The number of aromatic nitrogens is 1. The quantitative estimate of drug-likeness (QED) is 0.680. The van der Waals surface area contributed by atoms with Gasteiger partial charge in [-0.05, 0) is 36.4 Å². The van der Waals surface area contributed by atoms with Gasteiger partial charge in [-0.3, -0.25) is 4.98 Å². The molecule has 0 amide bonds. The average Bonchev–Trinajstić information content (AvgIpc) is 3.40. The zero-order chi connectivity index (χ0) is 18.5. The summed E-state index contributed by atoms with van der Waals surface area (Å²) >= 11 is 0. The summed E-state index contributed by atoms with van der Waals surface area (Å²) < 4.78 is 17.3. The average molecular weight is 371 g/mol. The van der Waals surface area contributed by atoms with Gasteiger partial charge in [-0.2, -0.15) is 5.10 Å². The molecule has 0 saturated heterocycles. The smallest absolute Gasteiger partial charge is 0.231 e. The van der Waals surface area contributed by atoms with Crippen LogP contribution in [0.1, 0.15) is 35.5 Å². The standard InChI is InChI=1S/C22H17N3O3/c1-2-7-19-15(5-1)18-12-17(14-8-9-20-21(11-14)27-13-26-20)24-25(18)22(28-19)16-6-3-4-10-23-16/h1-11,18,22H,12-13H2/t18-,22-/m1/s1. The first-order valence-electron chi connectivity index (χ1n) is 9.29. The molecule has 2 atom stereocenters. The lowest BCUT2D eigenvalue weighted by atomic mass is 9.96. The maximum Gasteiger partial charge on any atom is 0.231 e. The van der Waals surface area contributed by atoms with Crippen molar-refractivity contribution in [1.29, 1.82) is 0 Å². The molecule has 1 aromatic heterocycles. The summed E-state index contributed by atoms with van der Waals surface area (Å²) in [6.07, 6.45) is 2.23. The fraction of sp³-hybridized carbons (Fsp3) is 0.182. The van der Waals surface area contributed by atoms with Crippen LogP contribution in [-0.2, 0) is 0 Å². The fourth-order valence-electron chi connectivity index (χ4n) is 4.00.